The molecule has 0 saturated heterocycles. The van der Waals surface area contributed by atoms with Gasteiger partial charge in [0.15, 0.2) is 5.43 Å². The van der Waals surface area contributed by atoms with Crippen LogP contribution < -0.4 is 16.1 Å². The number of nitrogens with one attached hydrogen (secondary N) is 2. The normalized spacial score (nSPS) is 12.5. The minimum atomic E-state index is -0.359. The van der Waals surface area contributed by atoms with Crippen molar-refractivity contribution in [2.24, 2.45) is 0 Å². The summed E-state index contributed by atoms with van der Waals surface area (Å²) in [4.78, 5) is 11.0. The average Bonchev–Trinajstić information content (AvgIpc) is 2.39. The molecule has 5 heteroatoms. The third kappa shape index (κ3) is 1.75. The van der Waals surface area contributed by atoms with Gasteiger partial charge < -0.3 is 15.2 Å². The summed E-state index contributed by atoms with van der Waals surface area (Å²) in [5, 5.41) is 5.98. The van der Waals surface area contributed by atoms with Crippen molar-refractivity contribution >= 4 is 11.4 Å². The van der Waals surface area contributed by atoms with Gasteiger partial charge in [-0.2, -0.15) is 0 Å². The van der Waals surface area contributed by atoms with E-state index >= 15 is 0 Å². The number of halogens is 1. The van der Waals surface area contributed by atoms with E-state index in [4.69, 9.17) is 0 Å². The van der Waals surface area contributed by atoms with Crippen molar-refractivity contribution in [2.45, 2.75) is 0 Å². The smallest absolute Gasteiger partial charge is 0.181 e. The summed E-state index contributed by atoms with van der Waals surface area (Å²) in [6, 6.07) is 5.89. The van der Waals surface area contributed by atoms with Gasteiger partial charge in [0.2, 0.25) is 0 Å². The Labute approximate surface area is 102 Å². The first-order valence-corrected chi connectivity index (χ1v) is 5.44. The molecule has 18 heavy (non-hydrogen) atoms. The highest BCUT2D eigenvalue weighted by Gasteiger charge is 2.11. The third-order valence-corrected chi connectivity index (χ3v) is 2.72. The molecule has 1 aromatic heterocycles. The van der Waals surface area contributed by atoms with Crippen molar-refractivity contribution in [3.05, 3.63) is 65.1 Å². The summed E-state index contributed by atoms with van der Waals surface area (Å²) < 4.78 is 15.5. The van der Waals surface area contributed by atoms with Crippen molar-refractivity contribution < 1.29 is 4.39 Å². The van der Waals surface area contributed by atoms with Gasteiger partial charge in [0.1, 0.15) is 5.82 Å². The number of aromatic nitrogens is 1. The molecule has 2 aromatic rings. The first-order valence-electron chi connectivity index (χ1n) is 5.44. The van der Waals surface area contributed by atoms with Crippen molar-refractivity contribution in [1.82, 2.24) is 4.57 Å². The Morgan fingerprint density at radius 2 is 1.61 bits per heavy atom. The highest BCUT2D eigenvalue weighted by atomic mass is 19.1. The fourth-order valence-electron chi connectivity index (χ4n) is 1.83. The van der Waals surface area contributed by atoms with Crippen LogP contribution in [-0.2, 0) is 0 Å². The molecule has 4 nitrogen and oxygen atoms in total. The van der Waals surface area contributed by atoms with Crippen LogP contribution >= 0.6 is 0 Å². The van der Waals surface area contributed by atoms with Gasteiger partial charge in [0, 0.05) is 43.0 Å². The Bertz CT molecular complexity index is 671. The predicted octanol–water partition coefficient (Wildman–Crippen LogP) is 2.29. The molecule has 0 saturated carbocycles. The van der Waals surface area contributed by atoms with E-state index in [0.717, 1.165) is 5.69 Å². The second-order valence-corrected chi connectivity index (χ2v) is 3.91. The molecule has 0 aliphatic carbocycles. The SMILES string of the molecule is O=c1ccn(-c2cc3c(cc2F)NC=CN3)cc1. The quantitative estimate of drug-likeness (QED) is 0.807. The lowest BCUT2D eigenvalue weighted by Crippen LogP contribution is -2.07. The van der Waals surface area contributed by atoms with E-state index in [1.54, 1.807) is 35.4 Å². The molecule has 2 heterocycles. The number of hydrogen-bond acceptors (Lipinski definition) is 3. The molecule has 3 rings (SSSR count). The highest BCUT2D eigenvalue weighted by molar-refractivity contribution is 5.75. The van der Waals surface area contributed by atoms with Crippen molar-refractivity contribution in [3.8, 4) is 5.69 Å². The third-order valence-electron chi connectivity index (χ3n) is 2.72. The Morgan fingerprint density at radius 1 is 1.00 bits per heavy atom. The molecule has 0 atom stereocenters. The summed E-state index contributed by atoms with van der Waals surface area (Å²) in [6.45, 7) is 0. The van der Waals surface area contributed by atoms with Crippen molar-refractivity contribution in [3.63, 3.8) is 0 Å². The number of pyridine rings is 1. The van der Waals surface area contributed by atoms with Gasteiger partial charge in [-0.15, -0.1) is 0 Å². The molecule has 0 unspecified atom stereocenters. The van der Waals surface area contributed by atoms with E-state index in [9.17, 15) is 9.18 Å². The van der Waals surface area contributed by atoms with E-state index in [2.05, 4.69) is 10.6 Å². The number of anilines is 2. The zero-order valence-electron chi connectivity index (χ0n) is 9.35. The van der Waals surface area contributed by atoms with Crippen LogP contribution in [0.1, 0.15) is 0 Å². The maximum atomic E-state index is 14.0. The standard InChI is InChI=1S/C13H10FN3O/c14-10-7-11-12(16-4-3-15-11)8-13(10)17-5-1-9(18)2-6-17/h1-8,15-16H. The van der Waals surface area contributed by atoms with Crippen LogP contribution in [0.25, 0.3) is 5.69 Å². The number of fused-ring (bicyclic) bond motifs is 1. The van der Waals surface area contributed by atoms with Gasteiger partial charge in [0.05, 0.1) is 17.1 Å². The van der Waals surface area contributed by atoms with Crippen LogP contribution in [0.15, 0.2) is 53.9 Å². The molecule has 1 aliphatic rings. The van der Waals surface area contributed by atoms with Crippen LogP contribution in [0.5, 0.6) is 0 Å². The average molecular weight is 243 g/mol. The lowest BCUT2D eigenvalue weighted by atomic mass is 10.2. The molecule has 2 N–H and O–H groups in total. The largest absolute Gasteiger partial charge is 0.359 e. The Morgan fingerprint density at radius 3 is 2.28 bits per heavy atom. The zero-order chi connectivity index (χ0) is 12.5. The minimum Gasteiger partial charge on any atom is -0.359 e. The Balaban J connectivity index is 2.13. The first kappa shape index (κ1) is 10.6. The molecule has 0 bridgehead atoms. The second kappa shape index (κ2) is 4.03. The van der Waals surface area contributed by atoms with Crippen molar-refractivity contribution in [1.29, 1.82) is 0 Å². The van der Waals surface area contributed by atoms with Crippen LogP contribution in [0, 0.1) is 5.82 Å². The van der Waals surface area contributed by atoms with Gasteiger partial charge in [-0.05, 0) is 6.07 Å². The van der Waals surface area contributed by atoms with Crippen LogP contribution in [0.3, 0.4) is 0 Å². The lowest BCUT2D eigenvalue weighted by molar-refractivity contribution is 0.618. The Kier molecular flexibility index (Phi) is 2.37. The summed E-state index contributed by atoms with van der Waals surface area (Å²) >= 11 is 0. The predicted molar refractivity (Wildman–Crippen MR) is 68.4 cm³/mol. The molecule has 0 amide bonds. The van der Waals surface area contributed by atoms with E-state index < -0.39 is 0 Å². The molecule has 1 aromatic carbocycles. The Hall–Kier alpha value is -2.56. The summed E-state index contributed by atoms with van der Waals surface area (Å²) in [6.07, 6.45) is 6.51. The maximum Gasteiger partial charge on any atom is 0.181 e. The van der Waals surface area contributed by atoms with Crippen LogP contribution in [0.4, 0.5) is 15.8 Å². The van der Waals surface area contributed by atoms with E-state index in [-0.39, 0.29) is 11.2 Å². The van der Waals surface area contributed by atoms with Gasteiger partial charge >= 0.3 is 0 Å². The molecule has 0 radical (unpaired) electrons. The molecular weight excluding hydrogens is 233 g/mol. The summed E-state index contributed by atoms with van der Waals surface area (Å²) in [7, 11) is 0. The number of hydrogen-bond donors (Lipinski definition) is 2. The molecular formula is C13H10FN3O. The second-order valence-electron chi connectivity index (χ2n) is 3.91. The van der Waals surface area contributed by atoms with E-state index in [1.165, 1.54) is 18.2 Å². The molecule has 0 spiro atoms. The van der Waals surface area contributed by atoms with Gasteiger partial charge in [-0.25, -0.2) is 4.39 Å². The number of benzene rings is 1. The molecule has 0 fully saturated rings. The fraction of sp³-hybridized carbons (Fsp3) is 0. The topological polar surface area (TPSA) is 46.1 Å². The number of nitrogens with zero attached hydrogens (tertiary/aromatic N) is 1. The summed E-state index contributed by atoms with van der Waals surface area (Å²) in [5.41, 5.74) is 1.75. The maximum absolute atomic E-state index is 14.0. The minimum absolute atomic E-state index is 0.104. The molecule has 1 aliphatic heterocycles. The summed E-state index contributed by atoms with van der Waals surface area (Å²) in [5.74, 6) is -0.359. The molecule has 90 valence electrons. The van der Waals surface area contributed by atoms with Gasteiger partial charge in [-0.3, -0.25) is 4.79 Å². The van der Waals surface area contributed by atoms with Gasteiger partial charge in [0.25, 0.3) is 0 Å². The zero-order valence-corrected chi connectivity index (χ0v) is 9.35. The highest BCUT2D eigenvalue weighted by Crippen LogP contribution is 2.29. The van der Waals surface area contributed by atoms with E-state index in [0.29, 0.717) is 11.4 Å². The lowest BCUT2D eigenvalue weighted by Gasteiger charge is -2.17. The monoisotopic (exact) mass is 243 g/mol. The van der Waals surface area contributed by atoms with Gasteiger partial charge in [-0.1, -0.05) is 0 Å². The van der Waals surface area contributed by atoms with E-state index in [1.807, 2.05) is 0 Å². The fourth-order valence-corrected chi connectivity index (χ4v) is 1.83. The van der Waals surface area contributed by atoms with Crippen LogP contribution in [0.2, 0.25) is 0 Å². The number of rotatable bonds is 1. The van der Waals surface area contributed by atoms with Crippen molar-refractivity contribution in [2.75, 3.05) is 10.6 Å². The first-order chi connectivity index (χ1) is 8.74. The van der Waals surface area contributed by atoms with Crippen LogP contribution in [-0.4, -0.2) is 4.57 Å².